The molecule has 0 spiro atoms. The smallest absolute Gasteiger partial charge is 0.266 e. The van der Waals surface area contributed by atoms with Crippen molar-refractivity contribution in [3.05, 3.63) is 58.0 Å². The Morgan fingerprint density at radius 1 is 1.19 bits per heavy atom. The molecule has 0 radical (unpaired) electrons. The number of nitrogens with zero attached hydrogens (tertiary/aromatic N) is 4. The highest BCUT2D eigenvalue weighted by Gasteiger charge is 2.30. The third-order valence-electron chi connectivity index (χ3n) is 4.72. The topological polar surface area (TPSA) is 72.5 Å². The van der Waals surface area contributed by atoms with Crippen molar-refractivity contribution in [3.8, 4) is 0 Å². The highest BCUT2D eigenvalue weighted by atomic mass is 16.2. The van der Waals surface area contributed by atoms with Crippen LogP contribution in [0.3, 0.4) is 0 Å². The van der Waals surface area contributed by atoms with Gasteiger partial charge in [-0.1, -0.05) is 29.8 Å². The van der Waals surface area contributed by atoms with E-state index in [9.17, 15) is 9.59 Å². The Morgan fingerprint density at radius 3 is 2.54 bits per heavy atom. The number of carbonyl (C=O) groups excluding carboxylic acids is 1. The first-order chi connectivity index (χ1) is 12.5. The van der Waals surface area contributed by atoms with E-state index in [4.69, 9.17) is 0 Å². The fourth-order valence-electron chi connectivity index (χ4n) is 3.40. The van der Waals surface area contributed by atoms with Crippen LogP contribution < -0.4 is 10.5 Å². The summed E-state index contributed by atoms with van der Waals surface area (Å²) in [5, 5.41) is 6.23. The van der Waals surface area contributed by atoms with E-state index in [0.29, 0.717) is 26.2 Å². The molecule has 1 amide bonds. The summed E-state index contributed by atoms with van der Waals surface area (Å²) in [6, 6.07) is 9.36. The Balaban J connectivity index is 1.71. The summed E-state index contributed by atoms with van der Waals surface area (Å²) in [5.41, 5.74) is 2.74. The number of piperazine rings is 1. The first-order valence-corrected chi connectivity index (χ1v) is 8.77. The molecule has 7 nitrogen and oxygen atoms in total. The lowest BCUT2D eigenvalue weighted by molar-refractivity contribution is -0.136. The van der Waals surface area contributed by atoms with Gasteiger partial charge in [0.25, 0.3) is 5.56 Å². The molecule has 0 unspecified atom stereocenters. The second-order valence-corrected chi connectivity index (χ2v) is 6.90. The predicted octanol–water partition coefficient (Wildman–Crippen LogP) is 1.03. The van der Waals surface area contributed by atoms with E-state index in [1.54, 1.807) is 12.3 Å². The van der Waals surface area contributed by atoms with Crippen molar-refractivity contribution >= 4 is 11.6 Å². The quantitative estimate of drug-likeness (QED) is 0.887. The van der Waals surface area contributed by atoms with Gasteiger partial charge in [0, 0.05) is 32.2 Å². The number of aryl methyl sites for hydroxylation is 1. The van der Waals surface area contributed by atoms with Crippen molar-refractivity contribution in [3.63, 3.8) is 0 Å². The van der Waals surface area contributed by atoms with Crippen molar-refractivity contribution in [1.82, 2.24) is 20.0 Å². The number of aromatic nitrogens is 2. The van der Waals surface area contributed by atoms with Crippen LogP contribution >= 0.6 is 0 Å². The Morgan fingerprint density at radius 2 is 1.92 bits per heavy atom. The molecule has 26 heavy (non-hydrogen) atoms. The molecular weight excluding hydrogens is 330 g/mol. The zero-order chi connectivity index (χ0) is 18.7. The van der Waals surface area contributed by atoms with E-state index in [2.05, 4.69) is 21.2 Å². The van der Waals surface area contributed by atoms with Gasteiger partial charge in [0.05, 0.1) is 11.9 Å². The van der Waals surface area contributed by atoms with Crippen LogP contribution in [-0.2, 0) is 4.79 Å². The molecule has 2 heterocycles. The number of carbonyl (C=O) groups is 1. The minimum absolute atomic E-state index is 0.115. The first kappa shape index (κ1) is 18.1. The highest BCUT2D eigenvalue weighted by molar-refractivity contribution is 5.83. The van der Waals surface area contributed by atoms with Crippen LogP contribution in [0.15, 0.2) is 41.3 Å². The fourth-order valence-corrected chi connectivity index (χ4v) is 3.40. The highest BCUT2D eigenvalue weighted by Crippen LogP contribution is 2.23. The maximum atomic E-state index is 13.1. The molecule has 0 aliphatic carbocycles. The number of likely N-dealkylation sites (N-methyl/N-ethyl adjacent to an activating group) is 1. The molecule has 1 fully saturated rings. The van der Waals surface area contributed by atoms with E-state index in [1.807, 2.05) is 49.0 Å². The van der Waals surface area contributed by atoms with Crippen molar-refractivity contribution in [2.24, 2.45) is 0 Å². The predicted molar refractivity (Wildman–Crippen MR) is 101 cm³/mol. The van der Waals surface area contributed by atoms with E-state index >= 15 is 0 Å². The number of rotatable bonds is 4. The second-order valence-electron chi connectivity index (χ2n) is 6.90. The average molecular weight is 355 g/mol. The van der Waals surface area contributed by atoms with E-state index in [-0.39, 0.29) is 17.5 Å². The lowest BCUT2D eigenvalue weighted by Crippen LogP contribution is -2.51. The Bertz CT molecular complexity index is 824. The summed E-state index contributed by atoms with van der Waals surface area (Å²) in [5.74, 6) is 0.115. The number of benzene rings is 1. The number of H-pyrrole nitrogens is 1. The Labute approximate surface area is 153 Å². The van der Waals surface area contributed by atoms with Crippen LogP contribution in [0.25, 0.3) is 0 Å². The third-order valence-corrected chi connectivity index (χ3v) is 4.72. The molecule has 3 rings (SSSR count). The van der Waals surface area contributed by atoms with Gasteiger partial charge < -0.3 is 9.80 Å². The third kappa shape index (κ3) is 3.94. The van der Waals surface area contributed by atoms with Gasteiger partial charge in [0.2, 0.25) is 5.91 Å². The monoisotopic (exact) mass is 355 g/mol. The van der Waals surface area contributed by atoms with Gasteiger partial charge in [-0.3, -0.25) is 14.5 Å². The molecule has 1 N–H and O–H groups in total. The first-order valence-electron chi connectivity index (χ1n) is 8.77. The molecule has 1 aromatic carbocycles. The fraction of sp³-hybridized carbons (Fsp3) is 0.421. The second kappa shape index (κ2) is 7.70. The van der Waals surface area contributed by atoms with Crippen LogP contribution in [0.4, 0.5) is 5.69 Å². The number of aromatic amines is 1. The molecule has 1 saturated heterocycles. The Kier molecular flexibility index (Phi) is 5.37. The van der Waals surface area contributed by atoms with Crippen LogP contribution in [0.2, 0.25) is 0 Å². The van der Waals surface area contributed by atoms with Gasteiger partial charge in [-0.2, -0.15) is 5.10 Å². The normalized spacial score (nSPS) is 16.0. The molecule has 1 aromatic heterocycles. The minimum Gasteiger partial charge on any atom is -0.367 e. The van der Waals surface area contributed by atoms with E-state index in [1.165, 1.54) is 0 Å². The zero-order valence-corrected chi connectivity index (χ0v) is 15.5. The number of nitrogens with one attached hydrogen (secondary N) is 1. The molecule has 2 aromatic rings. The van der Waals surface area contributed by atoms with Gasteiger partial charge in [-0.25, -0.2) is 5.10 Å². The van der Waals surface area contributed by atoms with E-state index < -0.39 is 0 Å². The minimum atomic E-state index is -0.289. The SMILES string of the molecule is Cc1cccc([C@@H](C(=O)N2CCN(c3cn[nH]c(=O)c3)CC2)N(C)C)c1. The molecule has 0 saturated carbocycles. The number of hydrogen-bond acceptors (Lipinski definition) is 5. The summed E-state index contributed by atoms with van der Waals surface area (Å²) in [4.78, 5) is 30.5. The van der Waals surface area contributed by atoms with Crippen molar-refractivity contribution in [2.45, 2.75) is 13.0 Å². The van der Waals surface area contributed by atoms with Crippen molar-refractivity contribution in [1.29, 1.82) is 0 Å². The molecule has 1 aliphatic rings. The zero-order valence-electron chi connectivity index (χ0n) is 15.5. The van der Waals surface area contributed by atoms with Crippen LogP contribution in [0, 0.1) is 6.92 Å². The molecule has 0 bridgehead atoms. The number of hydrogen-bond donors (Lipinski definition) is 1. The maximum Gasteiger partial charge on any atom is 0.266 e. The summed E-state index contributed by atoms with van der Waals surface area (Å²) in [6.07, 6.45) is 1.65. The lowest BCUT2D eigenvalue weighted by atomic mass is 10.0. The summed E-state index contributed by atoms with van der Waals surface area (Å²) < 4.78 is 0. The summed E-state index contributed by atoms with van der Waals surface area (Å²) in [6.45, 7) is 4.66. The number of amides is 1. The Hall–Kier alpha value is -2.67. The van der Waals surface area contributed by atoms with Crippen molar-refractivity contribution in [2.75, 3.05) is 45.2 Å². The van der Waals surface area contributed by atoms with E-state index in [0.717, 1.165) is 16.8 Å². The van der Waals surface area contributed by atoms with Crippen LogP contribution in [0.1, 0.15) is 17.2 Å². The van der Waals surface area contributed by atoms with Crippen LogP contribution in [0.5, 0.6) is 0 Å². The molecular formula is C19H25N5O2. The van der Waals surface area contributed by atoms with Gasteiger partial charge in [0.1, 0.15) is 6.04 Å². The standard InChI is InChI=1S/C19H25N5O2/c1-14-5-4-6-15(11-14)18(22(2)3)19(26)24-9-7-23(8-10-24)16-12-17(25)21-20-13-16/h4-6,11-13,18H,7-10H2,1-3H3,(H,21,25)/t18-/m0/s1. The molecule has 1 aliphatic heterocycles. The molecule has 7 heteroatoms. The lowest BCUT2D eigenvalue weighted by Gasteiger charge is -2.38. The van der Waals surface area contributed by atoms with Gasteiger partial charge >= 0.3 is 0 Å². The van der Waals surface area contributed by atoms with Crippen LogP contribution in [-0.4, -0.2) is 66.2 Å². The largest absolute Gasteiger partial charge is 0.367 e. The molecule has 1 atom stereocenters. The number of anilines is 1. The van der Waals surface area contributed by atoms with Crippen molar-refractivity contribution < 1.29 is 4.79 Å². The average Bonchev–Trinajstić information content (AvgIpc) is 2.62. The molecule has 138 valence electrons. The van der Waals surface area contributed by atoms with Gasteiger partial charge in [-0.15, -0.1) is 0 Å². The summed E-state index contributed by atoms with van der Waals surface area (Å²) in [7, 11) is 3.87. The maximum absolute atomic E-state index is 13.1. The summed E-state index contributed by atoms with van der Waals surface area (Å²) >= 11 is 0. The van der Waals surface area contributed by atoms with Gasteiger partial charge in [-0.05, 0) is 26.6 Å². The van der Waals surface area contributed by atoms with Gasteiger partial charge in [0.15, 0.2) is 0 Å².